The third-order valence-corrected chi connectivity index (χ3v) is 2.97. The number of nitrogens with one attached hydrogen (secondary N) is 1. The molecule has 0 aliphatic carbocycles. The molecule has 7 heteroatoms. The maximum atomic E-state index is 13.5. The Morgan fingerprint density at radius 2 is 2.14 bits per heavy atom. The molecule has 1 atom stereocenters. The molecule has 0 heterocycles. The lowest BCUT2D eigenvalue weighted by molar-refractivity contribution is -0.145. The van der Waals surface area contributed by atoms with Crippen LogP contribution in [0.1, 0.15) is 24.8 Å². The highest BCUT2D eigenvalue weighted by atomic mass is 19.1. The van der Waals surface area contributed by atoms with E-state index >= 15 is 0 Å². The van der Waals surface area contributed by atoms with Gasteiger partial charge in [-0.3, -0.25) is 4.79 Å². The van der Waals surface area contributed by atoms with E-state index in [0.29, 0.717) is 12.5 Å². The fourth-order valence-electron chi connectivity index (χ4n) is 1.86. The number of esters is 1. The Kier molecular flexibility index (Phi) is 6.96. The average molecular weight is 310 g/mol. The molecular formula is C15H16F2N2O3. The maximum absolute atomic E-state index is 13.5. The van der Waals surface area contributed by atoms with E-state index in [2.05, 4.69) is 10.1 Å². The van der Waals surface area contributed by atoms with E-state index in [1.54, 1.807) is 0 Å². The van der Waals surface area contributed by atoms with E-state index in [1.165, 1.54) is 13.2 Å². The van der Waals surface area contributed by atoms with Crippen LogP contribution < -0.4 is 5.32 Å². The van der Waals surface area contributed by atoms with Gasteiger partial charge in [0, 0.05) is 12.5 Å². The Morgan fingerprint density at radius 3 is 2.73 bits per heavy atom. The molecule has 0 saturated carbocycles. The first kappa shape index (κ1) is 17.6. The zero-order valence-electron chi connectivity index (χ0n) is 12.1. The first-order valence-electron chi connectivity index (χ1n) is 6.66. The van der Waals surface area contributed by atoms with E-state index in [1.807, 2.05) is 6.07 Å². The smallest absolute Gasteiger partial charge is 0.328 e. The van der Waals surface area contributed by atoms with Gasteiger partial charge in [0.1, 0.15) is 17.7 Å². The van der Waals surface area contributed by atoms with Crippen molar-refractivity contribution in [3.05, 3.63) is 35.4 Å². The number of benzene rings is 1. The van der Waals surface area contributed by atoms with Crippen molar-refractivity contribution >= 4 is 11.9 Å². The second-order valence-electron chi connectivity index (χ2n) is 4.61. The van der Waals surface area contributed by atoms with E-state index in [-0.39, 0.29) is 24.8 Å². The van der Waals surface area contributed by atoms with Crippen LogP contribution in [0.3, 0.4) is 0 Å². The van der Waals surface area contributed by atoms with Gasteiger partial charge in [0.25, 0.3) is 0 Å². The monoisotopic (exact) mass is 310 g/mol. The summed E-state index contributed by atoms with van der Waals surface area (Å²) >= 11 is 0. The minimum absolute atomic E-state index is 0.0274. The van der Waals surface area contributed by atoms with Crippen molar-refractivity contribution in [3.63, 3.8) is 0 Å². The number of ether oxygens (including phenoxy) is 1. The van der Waals surface area contributed by atoms with Crippen LogP contribution in [0.25, 0.3) is 0 Å². The highest BCUT2D eigenvalue weighted by Crippen LogP contribution is 2.11. The number of carbonyl (C=O) groups is 2. The topological polar surface area (TPSA) is 79.2 Å². The van der Waals surface area contributed by atoms with Gasteiger partial charge < -0.3 is 10.1 Å². The first-order chi connectivity index (χ1) is 10.5. The predicted octanol–water partition coefficient (Wildman–Crippen LogP) is 1.86. The summed E-state index contributed by atoms with van der Waals surface area (Å²) in [4.78, 5) is 23.4. The van der Waals surface area contributed by atoms with Gasteiger partial charge in [0.2, 0.25) is 5.91 Å². The average Bonchev–Trinajstić information content (AvgIpc) is 2.48. The summed E-state index contributed by atoms with van der Waals surface area (Å²) in [5, 5.41) is 10.9. The van der Waals surface area contributed by atoms with Gasteiger partial charge in [-0.05, 0) is 24.5 Å². The lowest BCUT2D eigenvalue weighted by Gasteiger charge is -2.16. The van der Waals surface area contributed by atoms with Gasteiger partial charge in [-0.15, -0.1) is 0 Å². The molecule has 118 valence electrons. The lowest BCUT2D eigenvalue weighted by Crippen LogP contribution is -2.42. The second-order valence-corrected chi connectivity index (χ2v) is 4.61. The van der Waals surface area contributed by atoms with Gasteiger partial charge in [-0.25, -0.2) is 13.6 Å². The molecular weight excluding hydrogens is 294 g/mol. The molecule has 22 heavy (non-hydrogen) atoms. The van der Waals surface area contributed by atoms with Crippen LogP contribution in [0.5, 0.6) is 0 Å². The first-order valence-corrected chi connectivity index (χ1v) is 6.66. The molecule has 1 rings (SSSR count). The predicted molar refractivity (Wildman–Crippen MR) is 73.5 cm³/mol. The molecule has 0 aliphatic heterocycles. The van der Waals surface area contributed by atoms with Gasteiger partial charge >= 0.3 is 5.97 Å². The fourth-order valence-corrected chi connectivity index (χ4v) is 1.86. The molecule has 0 spiro atoms. The number of carbonyl (C=O) groups excluding carboxylic acids is 2. The number of hydrogen-bond donors (Lipinski definition) is 1. The molecule has 1 N–H and O–H groups in total. The van der Waals surface area contributed by atoms with Crippen LogP contribution in [0, 0.1) is 23.0 Å². The molecule has 0 fully saturated rings. The Bertz CT molecular complexity index is 585. The van der Waals surface area contributed by atoms with Crippen molar-refractivity contribution in [2.24, 2.45) is 0 Å². The third kappa shape index (κ3) is 5.48. The molecule has 1 aromatic rings. The third-order valence-electron chi connectivity index (χ3n) is 2.97. The Balaban J connectivity index is 2.66. The van der Waals surface area contributed by atoms with Crippen molar-refractivity contribution in [1.82, 2.24) is 5.32 Å². The highest BCUT2D eigenvalue weighted by molar-refractivity contribution is 5.85. The Morgan fingerprint density at radius 1 is 1.41 bits per heavy atom. The van der Waals surface area contributed by atoms with Crippen molar-refractivity contribution in [2.75, 3.05) is 7.11 Å². The minimum atomic E-state index is -0.894. The number of halogens is 2. The summed E-state index contributed by atoms with van der Waals surface area (Å²) in [5.74, 6) is -2.77. The molecule has 0 saturated heterocycles. The number of unbranched alkanes of at least 4 members (excludes halogenated alkanes) is 1. The Hall–Kier alpha value is -2.49. The van der Waals surface area contributed by atoms with Crippen LogP contribution in [-0.4, -0.2) is 25.0 Å². The van der Waals surface area contributed by atoms with Crippen molar-refractivity contribution in [3.8, 4) is 6.07 Å². The van der Waals surface area contributed by atoms with E-state index in [9.17, 15) is 18.4 Å². The minimum Gasteiger partial charge on any atom is -0.467 e. The number of rotatable bonds is 7. The van der Waals surface area contributed by atoms with Crippen LogP contribution in [0.4, 0.5) is 8.78 Å². The van der Waals surface area contributed by atoms with Crippen molar-refractivity contribution in [2.45, 2.75) is 31.7 Å². The SMILES string of the molecule is COC(=O)[C@H](CCCC#N)NC(=O)Cc1ccc(F)cc1F. The summed E-state index contributed by atoms with van der Waals surface area (Å²) in [6, 6.07) is 3.96. The molecule has 0 bridgehead atoms. The zero-order chi connectivity index (χ0) is 16.5. The summed E-state index contributed by atoms with van der Waals surface area (Å²) < 4.78 is 30.8. The summed E-state index contributed by atoms with van der Waals surface area (Å²) in [7, 11) is 1.19. The quantitative estimate of drug-likeness (QED) is 0.616. The highest BCUT2D eigenvalue weighted by Gasteiger charge is 2.21. The molecule has 0 unspecified atom stereocenters. The lowest BCUT2D eigenvalue weighted by atomic mass is 10.1. The number of hydrogen-bond acceptors (Lipinski definition) is 4. The van der Waals surface area contributed by atoms with Crippen LogP contribution in [0.15, 0.2) is 18.2 Å². The summed E-state index contributed by atoms with van der Waals surface area (Å²) in [5.41, 5.74) is 0.0274. The number of nitrogens with zero attached hydrogens (tertiary/aromatic N) is 1. The normalized spacial score (nSPS) is 11.4. The molecule has 1 aromatic carbocycles. The molecule has 0 radical (unpaired) electrons. The van der Waals surface area contributed by atoms with E-state index < -0.39 is 29.6 Å². The van der Waals surface area contributed by atoms with Crippen molar-refractivity contribution in [1.29, 1.82) is 5.26 Å². The largest absolute Gasteiger partial charge is 0.467 e. The number of methoxy groups -OCH3 is 1. The fraction of sp³-hybridized carbons (Fsp3) is 0.400. The van der Waals surface area contributed by atoms with Gasteiger partial charge in [-0.1, -0.05) is 6.07 Å². The van der Waals surface area contributed by atoms with Gasteiger partial charge in [-0.2, -0.15) is 5.26 Å². The molecule has 5 nitrogen and oxygen atoms in total. The number of amides is 1. The molecule has 0 aliphatic rings. The number of nitriles is 1. The Labute approximate surface area is 126 Å². The van der Waals surface area contributed by atoms with Crippen LogP contribution >= 0.6 is 0 Å². The van der Waals surface area contributed by atoms with E-state index in [4.69, 9.17) is 5.26 Å². The van der Waals surface area contributed by atoms with E-state index in [0.717, 1.165) is 6.07 Å². The van der Waals surface area contributed by atoms with Crippen LogP contribution in [0.2, 0.25) is 0 Å². The standard InChI is InChI=1S/C15H16F2N2O3/c1-22-15(21)13(4-2-3-7-18)19-14(20)8-10-5-6-11(16)9-12(10)17/h5-6,9,13H,2-4,8H2,1H3,(H,19,20)/t13-/m0/s1. The maximum Gasteiger partial charge on any atom is 0.328 e. The van der Waals surface area contributed by atoms with Crippen LogP contribution in [-0.2, 0) is 20.7 Å². The molecule has 0 aromatic heterocycles. The summed E-state index contributed by atoms with van der Waals surface area (Å²) in [6.45, 7) is 0. The zero-order valence-corrected chi connectivity index (χ0v) is 12.1. The van der Waals surface area contributed by atoms with Gasteiger partial charge in [0.05, 0.1) is 19.6 Å². The second kappa shape index (κ2) is 8.72. The van der Waals surface area contributed by atoms with Gasteiger partial charge in [0.15, 0.2) is 0 Å². The summed E-state index contributed by atoms with van der Waals surface area (Å²) in [6.07, 6.45) is 0.590. The molecule has 1 amide bonds. The van der Waals surface area contributed by atoms with Crippen molar-refractivity contribution < 1.29 is 23.1 Å².